The van der Waals surface area contributed by atoms with Crippen molar-refractivity contribution in [2.24, 2.45) is 11.7 Å². The first-order chi connectivity index (χ1) is 11.6. The maximum absolute atomic E-state index is 12.2. The highest BCUT2D eigenvalue weighted by atomic mass is 16.1. The van der Waals surface area contributed by atoms with Crippen molar-refractivity contribution in [3.8, 4) is 5.69 Å². The molecule has 24 heavy (non-hydrogen) atoms. The Bertz CT molecular complexity index is 804. The van der Waals surface area contributed by atoms with Gasteiger partial charge in [0.15, 0.2) is 0 Å². The smallest absolute Gasteiger partial charge is 0.254 e. The lowest BCUT2D eigenvalue weighted by Gasteiger charge is -2.14. The van der Waals surface area contributed by atoms with E-state index < -0.39 is 0 Å². The minimum atomic E-state index is -0.167. The molecule has 1 amide bonds. The largest absolute Gasteiger partial charge is 0.387 e. The molecule has 3 rings (SSSR count). The van der Waals surface area contributed by atoms with Gasteiger partial charge in [0.05, 0.1) is 23.3 Å². The van der Waals surface area contributed by atoms with Crippen LogP contribution in [0.1, 0.15) is 16.8 Å². The predicted octanol–water partition coefficient (Wildman–Crippen LogP) is 2.04. The summed E-state index contributed by atoms with van der Waals surface area (Å²) in [6.07, 6.45) is 9.77. The topological polar surface area (TPSA) is 96.8 Å². The fraction of sp³-hybridized carbons (Fsp3) is 0.167. The number of nitrogens with zero attached hydrogens (tertiary/aromatic N) is 2. The summed E-state index contributed by atoms with van der Waals surface area (Å²) in [5.74, 6) is -0.0346. The number of nitrogens with two attached hydrogens (primary N) is 1. The molecule has 1 aliphatic rings. The van der Waals surface area contributed by atoms with Crippen LogP contribution in [0.3, 0.4) is 0 Å². The minimum absolute atomic E-state index is 0.0337. The SMILES string of the molecule is N=C(N)C1C=CC(CNC(=O)c2cnn(-c3ccccc3)c2)=CC1. The second-order valence-corrected chi connectivity index (χ2v) is 5.63. The summed E-state index contributed by atoms with van der Waals surface area (Å²) in [4.78, 5) is 12.2. The Morgan fingerprint density at radius 1 is 1.38 bits per heavy atom. The maximum Gasteiger partial charge on any atom is 0.254 e. The Morgan fingerprint density at radius 3 is 2.83 bits per heavy atom. The molecular weight excluding hydrogens is 302 g/mol. The number of aromatic nitrogens is 2. The summed E-state index contributed by atoms with van der Waals surface area (Å²) in [6.45, 7) is 0.441. The van der Waals surface area contributed by atoms with Crippen molar-refractivity contribution in [1.29, 1.82) is 5.41 Å². The van der Waals surface area contributed by atoms with Gasteiger partial charge in [-0.1, -0.05) is 36.4 Å². The minimum Gasteiger partial charge on any atom is -0.387 e. The maximum atomic E-state index is 12.2. The van der Waals surface area contributed by atoms with Gasteiger partial charge in [0.2, 0.25) is 0 Å². The van der Waals surface area contributed by atoms with Gasteiger partial charge in [-0.05, 0) is 24.1 Å². The molecule has 4 N–H and O–H groups in total. The molecule has 1 unspecified atom stereocenters. The number of amidine groups is 1. The molecule has 1 aromatic carbocycles. The van der Waals surface area contributed by atoms with E-state index in [1.165, 1.54) is 0 Å². The number of hydrogen-bond acceptors (Lipinski definition) is 3. The van der Waals surface area contributed by atoms with Crippen LogP contribution >= 0.6 is 0 Å². The number of para-hydroxylation sites is 1. The predicted molar refractivity (Wildman–Crippen MR) is 93.1 cm³/mol. The van der Waals surface area contributed by atoms with Crippen LogP contribution in [0.5, 0.6) is 0 Å². The van der Waals surface area contributed by atoms with Crippen molar-refractivity contribution >= 4 is 11.7 Å². The Hall–Kier alpha value is -3.15. The molecule has 0 saturated heterocycles. The number of carbonyl (C=O) groups is 1. The highest BCUT2D eigenvalue weighted by Gasteiger charge is 2.13. The number of nitrogens with one attached hydrogen (secondary N) is 2. The van der Waals surface area contributed by atoms with Crippen molar-refractivity contribution in [3.05, 3.63) is 72.1 Å². The van der Waals surface area contributed by atoms with E-state index in [1.807, 2.05) is 48.6 Å². The molecule has 0 saturated carbocycles. The highest BCUT2D eigenvalue weighted by molar-refractivity contribution is 5.94. The van der Waals surface area contributed by atoms with E-state index in [0.29, 0.717) is 18.5 Å². The van der Waals surface area contributed by atoms with Gasteiger partial charge < -0.3 is 11.1 Å². The number of benzene rings is 1. The molecule has 1 aliphatic carbocycles. The number of carbonyl (C=O) groups excluding carboxylic acids is 1. The summed E-state index contributed by atoms with van der Waals surface area (Å²) >= 11 is 0. The number of rotatable bonds is 5. The van der Waals surface area contributed by atoms with Crippen LogP contribution in [0.15, 0.2) is 66.5 Å². The Morgan fingerprint density at radius 2 is 2.17 bits per heavy atom. The van der Waals surface area contributed by atoms with Crippen LogP contribution in [0.25, 0.3) is 5.69 Å². The lowest BCUT2D eigenvalue weighted by molar-refractivity contribution is 0.0957. The second-order valence-electron chi connectivity index (χ2n) is 5.63. The summed E-state index contributed by atoms with van der Waals surface area (Å²) in [6, 6.07) is 9.64. The molecule has 1 heterocycles. The second kappa shape index (κ2) is 6.95. The van der Waals surface area contributed by atoms with Crippen LogP contribution in [-0.4, -0.2) is 28.1 Å². The van der Waals surface area contributed by atoms with Crippen molar-refractivity contribution < 1.29 is 4.79 Å². The van der Waals surface area contributed by atoms with E-state index in [1.54, 1.807) is 17.1 Å². The van der Waals surface area contributed by atoms with Crippen LogP contribution in [-0.2, 0) is 0 Å². The summed E-state index contributed by atoms with van der Waals surface area (Å²) in [5, 5.41) is 14.5. The van der Waals surface area contributed by atoms with Gasteiger partial charge >= 0.3 is 0 Å². The van der Waals surface area contributed by atoms with Crippen molar-refractivity contribution in [1.82, 2.24) is 15.1 Å². The normalized spacial score (nSPS) is 16.5. The average molecular weight is 321 g/mol. The van der Waals surface area contributed by atoms with Gasteiger partial charge in [-0.25, -0.2) is 4.68 Å². The van der Waals surface area contributed by atoms with Crippen molar-refractivity contribution in [2.75, 3.05) is 6.54 Å². The summed E-state index contributed by atoms with van der Waals surface area (Å²) in [7, 11) is 0. The molecule has 2 aromatic rings. The Balaban J connectivity index is 1.58. The molecule has 1 atom stereocenters. The molecule has 1 aromatic heterocycles. The summed E-state index contributed by atoms with van der Waals surface area (Å²) < 4.78 is 1.67. The van der Waals surface area contributed by atoms with E-state index >= 15 is 0 Å². The first-order valence-electron chi connectivity index (χ1n) is 7.73. The van der Waals surface area contributed by atoms with Crippen LogP contribution in [0.4, 0.5) is 0 Å². The molecule has 0 aliphatic heterocycles. The third-order valence-corrected chi connectivity index (χ3v) is 3.89. The van der Waals surface area contributed by atoms with E-state index in [-0.39, 0.29) is 17.7 Å². The van der Waals surface area contributed by atoms with Crippen molar-refractivity contribution in [2.45, 2.75) is 6.42 Å². The molecule has 6 nitrogen and oxygen atoms in total. The Labute approximate surface area is 140 Å². The molecule has 122 valence electrons. The van der Waals surface area contributed by atoms with E-state index in [9.17, 15) is 4.79 Å². The zero-order valence-electron chi connectivity index (χ0n) is 13.1. The quantitative estimate of drug-likeness (QED) is 0.581. The van der Waals surface area contributed by atoms with Crippen LogP contribution < -0.4 is 11.1 Å². The zero-order chi connectivity index (χ0) is 16.9. The molecular formula is C18H19N5O. The van der Waals surface area contributed by atoms with Crippen LogP contribution in [0, 0.1) is 11.3 Å². The standard InChI is InChI=1S/C18H19N5O/c19-17(20)14-8-6-13(7-9-14)10-21-18(24)15-11-22-23(12-15)16-4-2-1-3-5-16/h1-8,11-12,14H,9-10H2,(H3,19,20)(H,21,24). The average Bonchev–Trinajstić information content (AvgIpc) is 3.11. The van der Waals surface area contributed by atoms with Gasteiger partial charge in [0.1, 0.15) is 0 Å². The van der Waals surface area contributed by atoms with Gasteiger partial charge in [-0.3, -0.25) is 10.2 Å². The summed E-state index contributed by atoms with van der Waals surface area (Å²) in [5.41, 5.74) is 7.92. The van der Waals surface area contributed by atoms with Gasteiger partial charge in [0, 0.05) is 18.7 Å². The molecule has 0 fully saturated rings. The van der Waals surface area contributed by atoms with E-state index in [4.69, 9.17) is 11.1 Å². The van der Waals surface area contributed by atoms with Gasteiger partial charge in [0.25, 0.3) is 5.91 Å². The molecule has 6 heteroatoms. The number of amides is 1. The van der Waals surface area contributed by atoms with Gasteiger partial charge in [-0.15, -0.1) is 0 Å². The first kappa shape index (κ1) is 15.7. The van der Waals surface area contributed by atoms with E-state index in [0.717, 1.165) is 11.3 Å². The fourth-order valence-electron chi connectivity index (χ4n) is 2.47. The van der Waals surface area contributed by atoms with Crippen molar-refractivity contribution in [3.63, 3.8) is 0 Å². The number of hydrogen-bond donors (Lipinski definition) is 3. The molecule has 0 spiro atoms. The lowest BCUT2D eigenvalue weighted by atomic mass is 9.96. The first-order valence-corrected chi connectivity index (χ1v) is 7.73. The van der Waals surface area contributed by atoms with Crippen LogP contribution in [0.2, 0.25) is 0 Å². The third kappa shape index (κ3) is 3.60. The lowest BCUT2D eigenvalue weighted by Crippen LogP contribution is -2.26. The Kier molecular flexibility index (Phi) is 4.56. The number of allylic oxidation sites excluding steroid dienone is 1. The van der Waals surface area contributed by atoms with E-state index in [2.05, 4.69) is 10.4 Å². The fourth-order valence-corrected chi connectivity index (χ4v) is 2.47. The monoisotopic (exact) mass is 321 g/mol. The third-order valence-electron chi connectivity index (χ3n) is 3.89. The van der Waals surface area contributed by atoms with Gasteiger partial charge in [-0.2, -0.15) is 5.10 Å². The molecule has 0 radical (unpaired) electrons. The molecule has 0 bridgehead atoms. The highest BCUT2D eigenvalue weighted by Crippen LogP contribution is 2.15. The zero-order valence-corrected chi connectivity index (χ0v) is 13.1.